The summed E-state index contributed by atoms with van der Waals surface area (Å²) >= 11 is 1.03. The van der Waals surface area contributed by atoms with Crippen LogP contribution in [-0.2, 0) is 29.4 Å². The summed E-state index contributed by atoms with van der Waals surface area (Å²) in [7, 11) is 0. The van der Waals surface area contributed by atoms with Crippen molar-refractivity contribution in [2.24, 2.45) is 0 Å². The molecule has 44 heavy (non-hydrogen) atoms. The van der Waals surface area contributed by atoms with Crippen LogP contribution in [0.25, 0.3) is 0 Å². The Morgan fingerprint density at radius 3 is 1.77 bits per heavy atom. The highest BCUT2D eigenvalue weighted by Crippen LogP contribution is 2.35. The molecular formula is C26H38O17S. The molecule has 3 heterocycles. The Bertz CT molecular complexity index is 1080. The van der Waals surface area contributed by atoms with Crippen LogP contribution in [0.2, 0.25) is 0 Å². The van der Waals surface area contributed by atoms with E-state index in [4.69, 9.17) is 23.7 Å². The second-order valence-corrected chi connectivity index (χ2v) is 11.7. The first-order valence-electron chi connectivity index (χ1n) is 13.7. The second kappa shape index (κ2) is 15.4. The van der Waals surface area contributed by atoms with Gasteiger partial charge in [0.2, 0.25) is 0 Å². The molecule has 250 valence electrons. The molecule has 0 aliphatic carbocycles. The fourth-order valence-electron chi connectivity index (χ4n) is 5.15. The van der Waals surface area contributed by atoms with Crippen molar-refractivity contribution >= 4 is 18.0 Å². The van der Waals surface area contributed by atoms with Crippen molar-refractivity contribution in [3.63, 3.8) is 0 Å². The predicted octanol–water partition coefficient (Wildman–Crippen LogP) is -5.11. The molecule has 3 aliphatic heterocycles. The van der Waals surface area contributed by atoms with Gasteiger partial charge in [0, 0.05) is 5.75 Å². The molecule has 0 bridgehead atoms. The largest absolute Gasteiger partial charge is 0.507 e. The number of hydrogen-bond donors (Lipinski definition) is 11. The maximum Gasteiger partial charge on any atom is 0.187 e. The molecule has 3 fully saturated rings. The summed E-state index contributed by atoms with van der Waals surface area (Å²) in [5.41, 5.74) is -0.424. The van der Waals surface area contributed by atoms with Crippen molar-refractivity contribution in [2.75, 3.05) is 19.8 Å². The van der Waals surface area contributed by atoms with Crippen molar-refractivity contribution in [3.05, 3.63) is 29.3 Å². The molecule has 0 unspecified atom stereocenters. The Morgan fingerprint density at radius 1 is 0.682 bits per heavy atom. The molecule has 1 aromatic rings. The highest BCUT2D eigenvalue weighted by Gasteiger charge is 2.53. The standard InChI is InChI=1S/C26H38O17S/c27-4-10-3-9(1-2-11(10)31)8-44-26-21(38)18(35)23(14(7-30)41-26)43-25-20(37)17(34)22(13(6-29)40-25)42-24-19(36)16(33)15(32)12(5-28)39-24/h1-4,12-26,28-38H,5-8H2/t12-,13-,14-,15-,16+,17-,18-,19-,20-,21-,22-,23-,24-,25-,26+/m1/s1. The summed E-state index contributed by atoms with van der Waals surface area (Å²) in [5.74, 6) is -0.0184. The summed E-state index contributed by atoms with van der Waals surface area (Å²) in [6.45, 7) is -2.29. The van der Waals surface area contributed by atoms with Crippen molar-refractivity contribution in [2.45, 2.75) is 97.0 Å². The van der Waals surface area contributed by atoms with Crippen molar-refractivity contribution in [3.8, 4) is 5.75 Å². The van der Waals surface area contributed by atoms with Gasteiger partial charge in [0.05, 0.1) is 25.4 Å². The highest BCUT2D eigenvalue weighted by atomic mass is 32.2. The Balaban J connectivity index is 1.40. The van der Waals surface area contributed by atoms with Crippen LogP contribution < -0.4 is 0 Å². The van der Waals surface area contributed by atoms with Crippen LogP contribution in [0.15, 0.2) is 18.2 Å². The molecule has 15 atom stereocenters. The summed E-state index contributed by atoms with van der Waals surface area (Å²) < 4.78 is 27.7. The minimum Gasteiger partial charge on any atom is -0.507 e. The average molecular weight is 655 g/mol. The van der Waals surface area contributed by atoms with E-state index >= 15 is 0 Å². The van der Waals surface area contributed by atoms with Gasteiger partial charge in [-0.25, -0.2) is 0 Å². The first-order chi connectivity index (χ1) is 20.9. The molecule has 11 N–H and O–H groups in total. The normalized spacial score (nSPS) is 43.1. The lowest BCUT2D eigenvalue weighted by atomic mass is 9.96. The molecule has 18 heteroatoms. The number of aldehydes is 1. The predicted molar refractivity (Wildman–Crippen MR) is 144 cm³/mol. The number of phenols is 1. The molecule has 0 spiro atoms. The lowest BCUT2D eigenvalue weighted by molar-refractivity contribution is -0.371. The molecule has 0 radical (unpaired) electrons. The average Bonchev–Trinajstić information content (AvgIpc) is 3.02. The van der Waals surface area contributed by atoms with Crippen LogP contribution >= 0.6 is 11.8 Å². The van der Waals surface area contributed by atoms with E-state index in [-0.39, 0.29) is 17.1 Å². The van der Waals surface area contributed by atoms with Gasteiger partial charge in [0.25, 0.3) is 0 Å². The van der Waals surface area contributed by atoms with Crippen molar-refractivity contribution in [1.82, 2.24) is 0 Å². The molecular weight excluding hydrogens is 616 g/mol. The van der Waals surface area contributed by atoms with Crippen molar-refractivity contribution < 1.29 is 84.7 Å². The van der Waals surface area contributed by atoms with Crippen LogP contribution in [0.3, 0.4) is 0 Å². The van der Waals surface area contributed by atoms with Gasteiger partial charge in [-0.05, 0) is 17.7 Å². The number of aliphatic hydroxyl groups excluding tert-OH is 10. The number of hydrogen-bond acceptors (Lipinski definition) is 18. The van der Waals surface area contributed by atoms with Crippen LogP contribution in [0.4, 0.5) is 0 Å². The summed E-state index contributed by atoms with van der Waals surface area (Å²) in [6, 6.07) is 4.32. The van der Waals surface area contributed by atoms with Gasteiger partial charge in [-0.1, -0.05) is 6.07 Å². The number of rotatable bonds is 11. The number of ether oxygens (including phenoxy) is 5. The molecule has 4 rings (SSSR count). The van der Waals surface area contributed by atoms with Gasteiger partial charge in [-0.2, -0.15) is 0 Å². The molecule has 0 amide bonds. The van der Waals surface area contributed by atoms with E-state index in [1.54, 1.807) is 6.07 Å². The second-order valence-electron chi connectivity index (χ2n) is 10.6. The van der Waals surface area contributed by atoms with Gasteiger partial charge in [-0.15, -0.1) is 11.8 Å². The first-order valence-corrected chi connectivity index (χ1v) is 14.8. The van der Waals surface area contributed by atoms with Crippen molar-refractivity contribution in [1.29, 1.82) is 0 Å². The van der Waals surface area contributed by atoms with E-state index in [1.165, 1.54) is 12.1 Å². The summed E-state index contributed by atoms with van der Waals surface area (Å²) in [5, 5.41) is 112. The molecule has 0 saturated carbocycles. The highest BCUT2D eigenvalue weighted by molar-refractivity contribution is 7.99. The number of aliphatic hydroxyl groups is 10. The quantitative estimate of drug-likeness (QED) is 0.0995. The SMILES string of the molecule is O=Cc1cc(CS[C@@H]2O[C@H](CO)[C@@H](O[C@H]3O[C@H](CO)[C@@H](O[C@H]4O[C@H](CO)[C@@H](O)[C@H](O)[C@H]4O)[C@H](O)[C@H]3O)[C@H](O)[C@H]2O)ccc1O. The van der Waals surface area contributed by atoms with E-state index in [0.717, 1.165) is 11.8 Å². The van der Waals surface area contributed by atoms with Gasteiger partial charge in [0.1, 0.15) is 84.4 Å². The third kappa shape index (κ3) is 7.36. The summed E-state index contributed by atoms with van der Waals surface area (Å²) in [6.07, 6.45) is -22.6. The van der Waals surface area contributed by atoms with Crippen LogP contribution in [0.5, 0.6) is 5.75 Å². The molecule has 3 saturated heterocycles. The maximum atomic E-state index is 11.1. The topological polar surface area (TPSA) is 286 Å². The molecule has 1 aromatic carbocycles. The number of thioether (sulfide) groups is 1. The Kier molecular flexibility index (Phi) is 12.3. The third-order valence-electron chi connectivity index (χ3n) is 7.71. The summed E-state index contributed by atoms with van der Waals surface area (Å²) in [4.78, 5) is 11.1. The molecule has 17 nitrogen and oxygen atoms in total. The van der Waals surface area contributed by atoms with E-state index in [1.807, 2.05) is 0 Å². The van der Waals surface area contributed by atoms with Gasteiger partial charge in [0.15, 0.2) is 18.9 Å². The minimum atomic E-state index is -1.93. The van der Waals surface area contributed by atoms with E-state index in [9.17, 15) is 61.0 Å². The fraction of sp³-hybridized carbons (Fsp3) is 0.731. The van der Waals surface area contributed by atoms with E-state index in [0.29, 0.717) is 11.8 Å². The Labute approximate surface area is 254 Å². The van der Waals surface area contributed by atoms with E-state index < -0.39 is 111 Å². The monoisotopic (exact) mass is 654 g/mol. The first kappa shape index (κ1) is 35.3. The third-order valence-corrected chi connectivity index (χ3v) is 8.92. The van der Waals surface area contributed by atoms with Gasteiger partial charge in [-0.3, -0.25) is 4.79 Å². The zero-order valence-corrected chi connectivity index (χ0v) is 23.9. The van der Waals surface area contributed by atoms with Gasteiger partial charge < -0.3 is 79.9 Å². The minimum absolute atomic E-state index is 0.0604. The lowest BCUT2D eigenvalue weighted by Crippen LogP contribution is -2.66. The number of carbonyl (C=O) groups is 1. The number of carbonyl (C=O) groups excluding carboxylic acids is 1. The fourth-order valence-corrected chi connectivity index (χ4v) is 6.26. The lowest BCUT2D eigenvalue weighted by Gasteiger charge is -2.48. The van der Waals surface area contributed by atoms with Crippen LogP contribution in [0, 0.1) is 0 Å². The Morgan fingerprint density at radius 2 is 1.20 bits per heavy atom. The molecule has 3 aliphatic rings. The number of benzene rings is 1. The zero-order valence-electron chi connectivity index (χ0n) is 23.1. The van der Waals surface area contributed by atoms with Gasteiger partial charge >= 0.3 is 0 Å². The molecule has 0 aromatic heterocycles. The van der Waals surface area contributed by atoms with E-state index in [2.05, 4.69) is 0 Å². The Hall–Kier alpha value is -1.56. The van der Waals surface area contributed by atoms with Crippen LogP contribution in [-0.4, -0.2) is 174 Å². The number of phenolic OH excluding ortho intramolecular Hbond substituents is 1. The zero-order chi connectivity index (χ0) is 32.3. The smallest absolute Gasteiger partial charge is 0.187 e. The number of aromatic hydroxyl groups is 1. The van der Waals surface area contributed by atoms with Crippen LogP contribution in [0.1, 0.15) is 15.9 Å². The maximum absolute atomic E-state index is 11.1.